The second-order valence-corrected chi connectivity index (χ2v) is 6.74. The number of hydrogen-bond donors (Lipinski definition) is 3. The van der Waals surface area contributed by atoms with Crippen molar-refractivity contribution >= 4 is 11.9 Å². The summed E-state index contributed by atoms with van der Waals surface area (Å²) in [5, 5.41) is 14.6. The standard InChI is InChI=1S/C18H21N5O.C2HF3O2/c1-12-10-13(2)23(22-12)16-6-4-15(5-7-16)14(3)21-18(24)11-17-19-8-9-20-17;3-2(4,5)1(6)7/h4-10,14H,11H2,1-3H3,(H,19,20)(H,21,24);(H,6,7). The molecule has 2 aromatic heterocycles. The molecule has 0 saturated heterocycles. The van der Waals surface area contributed by atoms with E-state index in [-0.39, 0.29) is 18.4 Å². The van der Waals surface area contributed by atoms with E-state index in [9.17, 15) is 18.0 Å². The van der Waals surface area contributed by atoms with Gasteiger partial charge in [-0.15, -0.1) is 0 Å². The van der Waals surface area contributed by atoms with Crippen molar-refractivity contribution in [2.75, 3.05) is 0 Å². The van der Waals surface area contributed by atoms with Gasteiger partial charge in [-0.05, 0) is 44.5 Å². The smallest absolute Gasteiger partial charge is 0.475 e. The van der Waals surface area contributed by atoms with Gasteiger partial charge in [-0.3, -0.25) is 4.79 Å². The summed E-state index contributed by atoms with van der Waals surface area (Å²) >= 11 is 0. The van der Waals surface area contributed by atoms with Gasteiger partial charge in [0.1, 0.15) is 5.82 Å². The molecule has 11 heteroatoms. The molecule has 0 saturated carbocycles. The number of H-pyrrole nitrogens is 1. The van der Waals surface area contributed by atoms with Crippen LogP contribution >= 0.6 is 0 Å². The largest absolute Gasteiger partial charge is 0.490 e. The number of nitrogens with one attached hydrogen (secondary N) is 2. The number of imidazole rings is 1. The number of amides is 1. The number of aliphatic carboxylic acids is 1. The first-order valence-corrected chi connectivity index (χ1v) is 9.18. The first-order valence-electron chi connectivity index (χ1n) is 9.18. The molecule has 0 aliphatic heterocycles. The number of rotatable bonds is 5. The van der Waals surface area contributed by atoms with Gasteiger partial charge >= 0.3 is 12.1 Å². The first-order chi connectivity index (χ1) is 14.5. The Morgan fingerprint density at radius 3 is 2.29 bits per heavy atom. The lowest BCUT2D eigenvalue weighted by atomic mass is 10.1. The fourth-order valence-electron chi connectivity index (χ4n) is 2.72. The molecule has 1 unspecified atom stereocenters. The molecular weight excluding hydrogens is 415 g/mol. The Balaban J connectivity index is 0.000000423. The van der Waals surface area contributed by atoms with E-state index in [0.717, 1.165) is 22.6 Å². The number of hydrogen-bond acceptors (Lipinski definition) is 4. The van der Waals surface area contributed by atoms with Gasteiger partial charge in [0.15, 0.2) is 0 Å². The summed E-state index contributed by atoms with van der Waals surface area (Å²) in [6.07, 6.45) is -1.48. The number of aromatic amines is 1. The van der Waals surface area contributed by atoms with E-state index in [0.29, 0.717) is 5.82 Å². The number of aryl methyl sites for hydroxylation is 2. The van der Waals surface area contributed by atoms with Crippen molar-refractivity contribution < 1.29 is 27.9 Å². The molecule has 1 aromatic carbocycles. The number of carbonyl (C=O) groups excluding carboxylic acids is 1. The lowest BCUT2D eigenvalue weighted by Crippen LogP contribution is -2.28. The van der Waals surface area contributed by atoms with Crippen molar-refractivity contribution in [3.05, 3.63) is 65.5 Å². The van der Waals surface area contributed by atoms with Gasteiger partial charge in [0.25, 0.3) is 0 Å². The average Bonchev–Trinajstić information content (AvgIpc) is 3.30. The maximum Gasteiger partial charge on any atom is 0.490 e. The van der Waals surface area contributed by atoms with Crippen LogP contribution in [0.3, 0.4) is 0 Å². The summed E-state index contributed by atoms with van der Waals surface area (Å²) < 4.78 is 33.7. The summed E-state index contributed by atoms with van der Waals surface area (Å²) in [5.74, 6) is -2.15. The minimum absolute atomic E-state index is 0.0555. The number of carboxylic acids is 1. The highest BCUT2D eigenvalue weighted by atomic mass is 19.4. The van der Waals surface area contributed by atoms with Gasteiger partial charge < -0.3 is 15.4 Å². The molecule has 3 N–H and O–H groups in total. The molecule has 8 nitrogen and oxygen atoms in total. The number of nitrogens with zero attached hydrogens (tertiary/aromatic N) is 3. The number of alkyl halides is 3. The van der Waals surface area contributed by atoms with Crippen LogP contribution in [0.5, 0.6) is 0 Å². The van der Waals surface area contributed by atoms with Gasteiger partial charge in [-0.1, -0.05) is 12.1 Å². The fraction of sp³-hybridized carbons (Fsp3) is 0.300. The quantitative estimate of drug-likeness (QED) is 0.567. The Bertz CT molecular complexity index is 1010. The van der Waals surface area contributed by atoms with Crippen molar-refractivity contribution in [2.24, 2.45) is 0 Å². The lowest BCUT2D eigenvalue weighted by molar-refractivity contribution is -0.192. The number of aromatic nitrogens is 4. The van der Waals surface area contributed by atoms with Gasteiger partial charge in [0.05, 0.1) is 23.8 Å². The van der Waals surface area contributed by atoms with Crippen molar-refractivity contribution in [2.45, 2.75) is 39.4 Å². The number of halogens is 3. The maximum absolute atomic E-state index is 12.0. The highest BCUT2D eigenvalue weighted by Crippen LogP contribution is 2.17. The Hall–Kier alpha value is -3.63. The lowest BCUT2D eigenvalue weighted by Gasteiger charge is -2.15. The zero-order valence-electron chi connectivity index (χ0n) is 17.1. The van der Waals surface area contributed by atoms with Crippen molar-refractivity contribution in [3.8, 4) is 5.69 Å². The Kier molecular flexibility index (Phi) is 7.56. The zero-order chi connectivity index (χ0) is 23.2. The summed E-state index contributed by atoms with van der Waals surface area (Å²) in [5.41, 5.74) is 4.15. The minimum Gasteiger partial charge on any atom is -0.475 e. The second kappa shape index (κ2) is 9.92. The molecule has 0 fully saturated rings. The monoisotopic (exact) mass is 437 g/mol. The molecule has 3 aromatic rings. The second-order valence-electron chi connectivity index (χ2n) is 6.74. The Morgan fingerprint density at radius 1 is 1.23 bits per heavy atom. The SMILES string of the molecule is Cc1cc(C)n(-c2ccc(C(C)NC(=O)Cc3ncc[nH]3)cc2)n1.O=C(O)C(F)(F)F. The molecule has 0 aliphatic rings. The molecule has 3 rings (SSSR count). The topological polar surface area (TPSA) is 113 Å². The molecule has 0 aliphatic carbocycles. The van der Waals surface area contributed by atoms with E-state index in [1.54, 1.807) is 12.4 Å². The molecule has 1 atom stereocenters. The van der Waals surface area contributed by atoms with Crippen LogP contribution in [0.4, 0.5) is 13.2 Å². The van der Waals surface area contributed by atoms with Gasteiger partial charge in [0, 0.05) is 18.1 Å². The molecule has 0 spiro atoms. The number of benzene rings is 1. The van der Waals surface area contributed by atoms with E-state index in [1.807, 2.05) is 55.8 Å². The molecule has 0 radical (unpaired) electrons. The van der Waals surface area contributed by atoms with Crippen LogP contribution in [-0.2, 0) is 16.0 Å². The van der Waals surface area contributed by atoms with Crippen LogP contribution in [0.15, 0.2) is 42.7 Å². The Morgan fingerprint density at radius 2 is 1.84 bits per heavy atom. The maximum atomic E-state index is 12.0. The minimum atomic E-state index is -5.08. The van der Waals surface area contributed by atoms with Gasteiger partial charge in [0.2, 0.25) is 5.91 Å². The molecule has 2 heterocycles. The van der Waals surface area contributed by atoms with E-state index in [4.69, 9.17) is 9.90 Å². The van der Waals surface area contributed by atoms with Crippen molar-refractivity contribution in [3.63, 3.8) is 0 Å². The van der Waals surface area contributed by atoms with Crippen molar-refractivity contribution in [1.82, 2.24) is 25.1 Å². The normalized spacial score (nSPS) is 11.9. The molecule has 31 heavy (non-hydrogen) atoms. The summed E-state index contributed by atoms with van der Waals surface area (Å²) in [6.45, 7) is 5.98. The number of carboxylic acid groups (broad SMARTS) is 1. The molecule has 0 bridgehead atoms. The highest BCUT2D eigenvalue weighted by molar-refractivity contribution is 5.78. The van der Waals surface area contributed by atoms with Gasteiger partial charge in [-0.2, -0.15) is 18.3 Å². The zero-order valence-corrected chi connectivity index (χ0v) is 17.1. The fourth-order valence-corrected chi connectivity index (χ4v) is 2.72. The van der Waals surface area contributed by atoms with E-state index in [2.05, 4.69) is 20.4 Å². The summed E-state index contributed by atoms with van der Waals surface area (Å²) in [7, 11) is 0. The van der Waals surface area contributed by atoms with Crippen LogP contribution in [-0.4, -0.2) is 42.9 Å². The van der Waals surface area contributed by atoms with E-state index >= 15 is 0 Å². The van der Waals surface area contributed by atoms with Crippen LogP contribution in [0.25, 0.3) is 5.69 Å². The third-order valence-corrected chi connectivity index (χ3v) is 4.15. The van der Waals surface area contributed by atoms with Crippen molar-refractivity contribution in [1.29, 1.82) is 0 Å². The predicted octanol–water partition coefficient (Wildman–Crippen LogP) is 3.27. The Labute approximate surface area is 176 Å². The third kappa shape index (κ3) is 6.98. The van der Waals surface area contributed by atoms with E-state index < -0.39 is 12.1 Å². The average molecular weight is 437 g/mol. The molecular formula is C20H22F3N5O3. The summed E-state index contributed by atoms with van der Waals surface area (Å²) in [6, 6.07) is 10.0. The van der Waals surface area contributed by atoms with Crippen LogP contribution in [0.2, 0.25) is 0 Å². The van der Waals surface area contributed by atoms with Crippen LogP contribution in [0.1, 0.15) is 35.7 Å². The summed E-state index contributed by atoms with van der Waals surface area (Å²) in [4.78, 5) is 27.9. The number of carbonyl (C=O) groups is 2. The molecule has 1 amide bonds. The highest BCUT2D eigenvalue weighted by Gasteiger charge is 2.38. The third-order valence-electron chi connectivity index (χ3n) is 4.15. The van der Waals surface area contributed by atoms with E-state index in [1.165, 1.54) is 0 Å². The van der Waals surface area contributed by atoms with Crippen LogP contribution < -0.4 is 5.32 Å². The van der Waals surface area contributed by atoms with Gasteiger partial charge in [-0.25, -0.2) is 14.5 Å². The predicted molar refractivity (Wildman–Crippen MR) is 106 cm³/mol. The first kappa shape index (κ1) is 23.6. The van der Waals surface area contributed by atoms with Crippen LogP contribution in [0, 0.1) is 13.8 Å². The molecule has 166 valence electrons.